The summed E-state index contributed by atoms with van der Waals surface area (Å²) in [4.78, 5) is 12.6. The Morgan fingerprint density at radius 3 is 1.14 bits per heavy atom. The second-order valence-electron chi connectivity index (χ2n) is 12.2. The van der Waals surface area contributed by atoms with Gasteiger partial charge in [0, 0.05) is 0 Å². The van der Waals surface area contributed by atoms with E-state index in [1.807, 2.05) is 0 Å². The molecule has 0 bridgehead atoms. The van der Waals surface area contributed by atoms with Crippen LogP contribution in [0.25, 0.3) is 0 Å². The summed E-state index contributed by atoms with van der Waals surface area (Å²) in [6.07, 6.45) is 36.1. The summed E-state index contributed by atoms with van der Waals surface area (Å²) in [5.41, 5.74) is 0. The molecule has 0 aliphatic heterocycles. The smallest absolute Gasteiger partial charge is 0.308 e. The molecular formula is C35H70O2. The molecule has 2 heteroatoms. The summed E-state index contributed by atoms with van der Waals surface area (Å²) < 4.78 is 5.86. The van der Waals surface area contributed by atoms with Crippen molar-refractivity contribution in [1.82, 2.24) is 0 Å². The number of carbonyl (C=O) groups is 1. The number of ether oxygens (including phenoxy) is 1. The summed E-state index contributed by atoms with van der Waals surface area (Å²) in [5, 5.41) is 0. The Hall–Kier alpha value is -0.530. The molecule has 2 nitrogen and oxygen atoms in total. The van der Waals surface area contributed by atoms with Crippen LogP contribution in [0, 0.1) is 11.8 Å². The number of esters is 1. The predicted molar refractivity (Wildman–Crippen MR) is 165 cm³/mol. The first kappa shape index (κ1) is 36.5. The van der Waals surface area contributed by atoms with Gasteiger partial charge in [-0.15, -0.1) is 0 Å². The van der Waals surface area contributed by atoms with Gasteiger partial charge in [-0.05, 0) is 25.2 Å². The number of hydrogen-bond acceptors (Lipinski definition) is 2. The zero-order chi connectivity index (χ0) is 27.2. The molecular weight excluding hydrogens is 452 g/mol. The third-order valence-corrected chi connectivity index (χ3v) is 8.29. The molecule has 0 aliphatic rings. The van der Waals surface area contributed by atoms with Crippen LogP contribution < -0.4 is 0 Å². The van der Waals surface area contributed by atoms with E-state index in [2.05, 4.69) is 27.7 Å². The van der Waals surface area contributed by atoms with E-state index >= 15 is 0 Å². The minimum Gasteiger partial charge on any atom is -0.465 e. The highest BCUT2D eigenvalue weighted by Gasteiger charge is 2.17. The van der Waals surface area contributed by atoms with Gasteiger partial charge < -0.3 is 4.74 Å². The Bertz CT molecular complexity index is 447. The van der Waals surface area contributed by atoms with Crippen LogP contribution in [0.1, 0.15) is 201 Å². The molecule has 2 atom stereocenters. The first-order valence-electron chi connectivity index (χ1n) is 17.3. The average Bonchev–Trinajstić information content (AvgIpc) is 2.90. The van der Waals surface area contributed by atoms with Crippen LogP contribution in [0.4, 0.5) is 0 Å². The number of carbonyl (C=O) groups excluding carboxylic acids is 1. The van der Waals surface area contributed by atoms with Gasteiger partial charge in [0.1, 0.15) is 0 Å². The van der Waals surface area contributed by atoms with E-state index in [9.17, 15) is 4.79 Å². The van der Waals surface area contributed by atoms with Gasteiger partial charge in [0.05, 0.1) is 12.5 Å². The van der Waals surface area contributed by atoms with Crippen molar-refractivity contribution in [2.75, 3.05) is 6.61 Å². The van der Waals surface area contributed by atoms with Crippen molar-refractivity contribution >= 4 is 5.97 Å². The van der Waals surface area contributed by atoms with Crippen LogP contribution in [-0.2, 0) is 9.53 Å². The lowest BCUT2D eigenvalue weighted by atomic mass is 9.94. The van der Waals surface area contributed by atoms with Crippen molar-refractivity contribution in [1.29, 1.82) is 0 Å². The van der Waals surface area contributed by atoms with E-state index < -0.39 is 0 Å². The molecule has 0 aromatic heterocycles. The van der Waals surface area contributed by atoms with E-state index in [0.717, 1.165) is 6.42 Å². The van der Waals surface area contributed by atoms with Crippen molar-refractivity contribution in [3.63, 3.8) is 0 Å². The minimum absolute atomic E-state index is 0.0533. The second-order valence-corrected chi connectivity index (χ2v) is 12.2. The molecule has 0 aromatic rings. The standard InChI is InChI=1S/C35H70O2/c1-5-8-11-14-16-18-19-20-21-22-24-26-29-33(4)35(36)37-32-34(30-27-13-10-7-3)31-28-25-23-17-15-12-9-6-2/h33-34H,5-32H2,1-4H3. The van der Waals surface area contributed by atoms with Crippen molar-refractivity contribution in [2.24, 2.45) is 11.8 Å². The van der Waals surface area contributed by atoms with Crippen LogP contribution in [0.5, 0.6) is 0 Å². The molecule has 0 aromatic carbocycles. The Morgan fingerprint density at radius 1 is 0.459 bits per heavy atom. The third-order valence-electron chi connectivity index (χ3n) is 8.29. The normalized spacial score (nSPS) is 13.1. The van der Waals surface area contributed by atoms with E-state index in [0.29, 0.717) is 12.5 Å². The highest BCUT2D eigenvalue weighted by molar-refractivity contribution is 5.71. The molecule has 0 spiro atoms. The predicted octanol–water partition coefficient (Wildman–Crippen LogP) is 12.4. The number of rotatable bonds is 30. The SMILES string of the molecule is CCCCCCCCCCCCCCC(C)C(=O)OCC(CCCCCC)CCCCCCCCCC. The van der Waals surface area contributed by atoms with Crippen LogP contribution in [0.15, 0.2) is 0 Å². The minimum atomic E-state index is 0.0533. The highest BCUT2D eigenvalue weighted by atomic mass is 16.5. The fraction of sp³-hybridized carbons (Fsp3) is 0.971. The summed E-state index contributed by atoms with van der Waals surface area (Å²) in [7, 11) is 0. The van der Waals surface area contributed by atoms with Crippen molar-refractivity contribution in [2.45, 2.75) is 201 Å². The van der Waals surface area contributed by atoms with Gasteiger partial charge in [-0.3, -0.25) is 4.79 Å². The molecule has 0 radical (unpaired) electrons. The lowest BCUT2D eigenvalue weighted by Crippen LogP contribution is -2.20. The maximum atomic E-state index is 12.6. The monoisotopic (exact) mass is 523 g/mol. The van der Waals surface area contributed by atoms with Crippen molar-refractivity contribution in [3.8, 4) is 0 Å². The zero-order valence-corrected chi connectivity index (χ0v) is 26.3. The molecule has 222 valence electrons. The Balaban J connectivity index is 3.91. The van der Waals surface area contributed by atoms with Gasteiger partial charge in [0.25, 0.3) is 0 Å². The summed E-state index contributed by atoms with van der Waals surface area (Å²) >= 11 is 0. The molecule has 0 aliphatic carbocycles. The number of unbranched alkanes of at least 4 members (excludes halogenated alkanes) is 21. The second kappa shape index (κ2) is 30.0. The van der Waals surface area contributed by atoms with Gasteiger partial charge in [-0.1, -0.05) is 182 Å². The van der Waals surface area contributed by atoms with Gasteiger partial charge >= 0.3 is 5.97 Å². The Kier molecular flexibility index (Phi) is 29.6. The lowest BCUT2D eigenvalue weighted by Gasteiger charge is -2.19. The van der Waals surface area contributed by atoms with Gasteiger partial charge in [-0.25, -0.2) is 0 Å². The molecule has 0 heterocycles. The number of hydrogen-bond donors (Lipinski definition) is 0. The van der Waals surface area contributed by atoms with E-state index in [1.165, 1.54) is 167 Å². The van der Waals surface area contributed by atoms with Gasteiger partial charge in [-0.2, -0.15) is 0 Å². The quantitative estimate of drug-likeness (QED) is 0.0692. The Morgan fingerprint density at radius 2 is 0.757 bits per heavy atom. The topological polar surface area (TPSA) is 26.3 Å². The molecule has 0 saturated heterocycles. The van der Waals surface area contributed by atoms with E-state index in [-0.39, 0.29) is 11.9 Å². The summed E-state index contributed by atoms with van der Waals surface area (Å²) in [5.74, 6) is 0.685. The van der Waals surface area contributed by atoms with Gasteiger partial charge in [0.2, 0.25) is 0 Å². The molecule has 0 amide bonds. The van der Waals surface area contributed by atoms with Crippen LogP contribution in [0.2, 0.25) is 0 Å². The van der Waals surface area contributed by atoms with Crippen molar-refractivity contribution in [3.05, 3.63) is 0 Å². The first-order chi connectivity index (χ1) is 18.2. The van der Waals surface area contributed by atoms with Gasteiger partial charge in [0.15, 0.2) is 0 Å². The fourth-order valence-electron chi connectivity index (χ4n) is 5.49. The zero-order valence-electron chi connectivity index (χ0n) is 26.3. The maximum Gasteiger partial charge on any atom is 0.308 e. The average molecular weight is 523 g/mol. The first-order valence-corrected chi connectivity index (χ1v) is 17.3. The molecule has 0 saturated carbocycles. The Labute approximate surface area is 234 Å². The van der Waals surface area contributed by atoms with E-state index in [4.69, 9.17) is 4.74 Å². The lowest BCUT2D eigenvalue weighted by molar-refractivity contribution is -0.149. The van der Waals surface area contributed by atoms with Crippen molar-refractivity contribution < 1.29 is 9.53 Å². The largest absolute Gasteiger partial charge is 0.465 e. The molecule has 0 rings (SSSR count). The third kappa shape index (κ3) is 26.8. The maximum absolute atomic E-state index is 12.6. The molecule has 0 fully saturated rings. The van der Waals surface area contributed by atoms with Crippen LogP contribution >= 0.6 is 0 Å². The molecule has 0 N–H and O–H groups in total. The summed E-state index contributed by atoms with van der Waals surface area (Å²) in [6.45, 7) is 9.58. The fourth-order valence-corrected chi connectivity index (χ4v) is 5.49. The molecule has 37 heavy (non-hydrogen) atoms. The van der Waals surface area contributed by atoms with E-state index in [1.54, 1.807) is 0 Å². The molecule has 2 unspecified atom stereocenters. The van der Waals surface area contributed by atoms with Crippen LogP contribution in [-0.4, -0.2) is 12.6 Å². The summed E-state index contributed by atoms with van der Waals surface area (Å²) in [6, 6.07) is 0. The highest BCUT2D eigenvalue weighted by Crippen LogP contribution is 2.21. The van der Waals surface area contributed by atoms with Crippen LogP contribution in [0.3, 0.4) is 0 Å².